The minimum Gasteiger partial charge on any atom is -0.357 e. The van der Waals surface area contributed by atoms with Gasteiger partial charge in [-0.3, -0.25) is 9.67 Å². The first-order chi connectivity index (χ1) is 10.5. The van der Waals surface area contributed by atoms with Gasteiger partial charge in [-0.25, -0.2) is 18.1 Å². The van der Waals surface area contributed by atoms with Gasteiger partial charge in [-0.1, -0.05) is 0 Å². The first-order valence-corrected chi connectivity index (χ1v) is 9.24. The van der Waals surface area contributed by atoms with E-state index in [0.717, 1.165) is 12.1 Å². The Hall–Kier alpha value is -1.68. The predicted octanol–water partition coefficient (Wildman–Crippen LogP) is -0.460. The van der Waals surface area contributed by atoms with E-state index < -0.39 is 15.6 Å². The molecule has 1 rings (SSSR count). The van der Waals surface area contributed by atoms with Crippen molar-refractivity contribution in [3.63, 3.8) is 0 Å². The molecule has 10 heteroatoms. The largest absolute Gasteiger partial charge is 0.357 e. The van der Waals surface area contributed by atoms with Gasteiger partial charge in [0.15, 0.2) is 5.96 Å². The molecule has 0 aromatic carbocycles. The highest BCUT2D eigenvalue weighted by Gasteiger charge is 2.22. The van der Waals surface area contributed by atoms with Gasteiger partial charge in [-0.2, -0.15) is 5.10 Å². The van der Waals surface area contributed by atoms with Crippen LogP contribution in [-0.4, -0.2) is 66.0 Å². The fourth-order valence-electron chi connectivity index (χ4n) is 2.03. The number of sulfonamides is 1. The molecule has 0 unspecified atom stereocenters. The molecule has 0 radical (unpaired) electrons. The number of rotatable bonds is 7. The Balaban J connectivity index is 2.81. The van der Waals surface area contributed by atoms with Crippen molar-refractivity contribution < 1.29 is 8.42 Å². The van der Waals surface area contributed by atoms with E-state index in [1.54, 1.807) is 18.5 Å². The Morgan fingerprint density at radius 2 is 2.13 bits per heavy atom. The maximum Gasteiger partial charge on any atom is 0.209 e. The van der Waals surface area contributed by atoms with Gasteiger partial charge in [0.2, 0.25) is 10.0 Å². The molecular formula is C13H27N7O2S. The third-order valence-electron chi connectivity index (χ3n) is 2.97. The first-order valence-electron chi connectivity index (χ1n) is 7.35. The molecule has 0 atom stereocenters. The molecule has 1 aromatic rings. The van der Waals surface area contributed by atoms with Crippen LogP contribution in [0.4, 0.5) is 0 Å². The molecule has 0 fully saturated rings. The summed E-state index contributed by atoms with van der Waals surface area (Å²) in [6.07, 6.45) is 2.65. The molecule has 0 bridgehead atoms. The van der Waals surface area contributed by atoms with E-state index in [1.165, 1.54) is 6.33 Å². The number of aliphatic imine (C=N–C) groups is 1. The summed E-state index contributed by atoms with van der Waals surface area (Å²) in [5, 5.41) is 7.23. The maximum absolute atomic E-state index is 11.4. The number of aromatic nitrogens is 3. The van der Waals surface area contributed by atoms with Crippen molar-refractivity contribution in [3.05, 3.63) is 12.2 Å². The van der Waals surface area contributed by atoms with Crippen molar-refractivity contribution in [1.29, 1.82) is 0 Å². The van der Waals surface area contributed by atoms with E-state index in [1.807, 2.05) is 25.9 Å². The molecule has 0 amide bonds. The zero-order chi connectivity index (χ0) is 17.7. The van der Waals surface area contributed by atoms with Crippen molar-refractivity contribution >= 4 is 16.0 Å². The zero-order valence-corrected chi connectivity index (χ0v) is 15.5. The van der Waals surface area contributed by atoms with Crippen molar-refractivity contribution in [2.45, 2.75) is 32.9 Å². The van der Waals surface area contributed by atoms with Crippen LogP contribution in [0.15, 0.2) is 11.3 Å². The van der Waals surface area contributed by atoms with Crippen LogP contribution in [-0.2, 0) is 23.6 Å². The molecule has 0 saturated heterocycles. The normalized spacial score (nSPS) is 13.2. The van der Waals surface area contributed by atoms with Crippen molar-refractivity contribution in [2.24, 2.45) is 12.0 Å². The van der Waals surface area contributed by atoms with Crippen molar-refractivity contribution in [3.8, 4) is 0 Å². The highest BCUT2D eigenvalue weighted by atomic mass is 32.2. The second-order valence-electron chi connectivity index (χ2n) is 6.08. The lowest BCUT2D eigenvalue weighted by molar-refractivity contribution is 0.433. The third-order valence-corrected chi connectivity index (χ3v) is 3.89. The van der Waals surface area contributed by atoms with Gasteiger partial charge >= 0.3 is 0 Å². The molecule has 1 heterocycles. The van der Waals surface area contributed by atoms with E-state index in [4.69, 9.17) is 0 Å². The lowest BCUT2D eigenvalue weighted by Crippen LogP contribution is -2.47. The smallest absolute Gasteiger partial charge is 0.209 e. The molecule has 132 valence electrons. The molecule has 1 aromatic heterocycles. The summed E-state index contributed by atoms with van der Waals surface area (Å²) >= 11 is 0. The van der Waals surface area contributed by atoms with Crippen LogP contribution >= 0.6 is 0 Å². The Morgan fingerprint density at radius 1 is 1.48 bits per heavy atom. The molecule has 0 aliphatic heterocycles. The van der Waals surface area contributed by atoms with Gasteiger partial charge in [-0.15, -0.1) is 0 Å². The summed E-state index contributed by atoms with van der Waals surface area (Å²) in [5.74, 6) is 1.49. The predicted molar refractivity (Wildman–Crippen MR) is 90.5 cm³/mol. The molecule has 0 saturated carbocycles. The van der Waals surface area contributed by atoms with E-state index in [2.05, 4.69) is 25.1 Å². The first kappa shape index (κ1) is 19.4. The Bertz CT molecular complexity index is 637. The van der Waals surface area contributed by atoms with Gasteiger partial charge in [0.05, 0.1) is 19.3 Å². The monoisotopic (exact) mass is 345 g/mol. The van der Waals surface area contributed by atoms with Crippen LogP contribution in [0, 0.1) is 0 Å². The summed E-state index contributed by atoms with van der Waals surface area (Å²) in [6, 6.07) is 0. The number of nitrogens with one attached hydrogen (secondary N) is 2. The van der Waals surface area contributed by atoms with Crippen LogP contribution in [0.3, 0.4) is 0 Å². The minimum atomic E-state index is -3.28. The van der Waals surface area contributed by atoms with Crippen molar-refractivity contribution in [2.75, 3.05) is 26.4 Å². The molecular weight excluding hydrogens is 318 g/mol. The Kier molecular flexibility index (Phi) is 6.51. The second kappa shape index (κ2) is 7.73. The van der Waals surface area contributed by atoms with E-state index in [9.17, 15) is 8.42 Å². The van der Waals surface area contributed by atoms with Gasteiger partial charge < -0.3 is 10.2 Å². The molecule has 9 nitrogen and oxygen atoms in total. The molecule has 2 N–H and O–H groups in total. The van der Waals surface area contributed by atoms with Crippen molar-refractivity contribution in [1.82, 2.24) is 29.7 Å². The third kappa shape index (κ3) is 6.95. The lowest BCUT2D eigenvalue weighted by Gasteiger charge is -2.26. The van der Waals surface area contributed by atoms with Gasteiger partial charge in [0.25, 0.3) is 0 Å². The maximum atomic E-state index is 11.4. The van der Waals surface area contributed by atoms with Gasteiger partial charge in [-0.05, 0) is 20.8 Å². The summed E-state index contributed by atoms with van der Waals surface area (Å²) in [4.78, 5) is 10.6. The average Bonchev–Trinajstić information content (AvgIpc) is 2.77. The summed E-state index contributed by atoms with van der Waals surface area (Å²) in [6.45, 7) is 7.13. The van der Waals surface area contributed by atoms with Crippen LogP contribution in [0.2, 0.25) is 0 Å². The quantitative estimate of drug-likeness (QED) is 0.512. The highest BCUT2D eigenvalue weighted by molar-refractivity contribution is 7.88. The highest BCUT2D eigenvalue weighted by Crippen LogP contribution is 2.06. The Labute approximate surface area is 138 Å². The van der Waals surface area contributed by atoms with Crippen LogP contribution in [0.25, 0.3) is 0 Å². The number of hydrogen-bond acceptors (Lipinski definition) is 5. The molecule has 23 heavy (non-hydrogen) atoms. The summed E-state index contributed by atoms with van der Waals surface area (Å²) in [7, 11) is 0.445. The molecule has 0 aliphatic rings. The summed E-state index contributed by atoms with van der Waals surface area (Å²) in [5.41, 5.74) is -0.667. The Morgan fingerprint density at radius 3 is 2.61 bits per heavy atom. The van der Waals surface area contributed by atoms with E-state index >= 15 is 0 Å². The summed E-state index contributed by atoms with van der Waals surface area (Å²) < 4.78 is 27.1. The van der Waals surface area contributed by atoms with Gasteiger partial charge in [0, 0.05) is 26.2 Å². The minimum absolute atomic E-state index is 0.311. The number of aryl methyl sites for hydroxylation is 1. The second-order valence-corrected chi connectivity index (χ2v) is 7.83. The molecule has 0 aliphatic carbocycles. The fraction of sp³-hybridized carbons (Fsp3) is 0.769. The standard InChI is InChI=1S/C13H27N7O2S/c1-7-14-12(15-9-13(2,3)18-23(6,21)22)19(4)8-11-16-10-17-20(11)5/h10,18H,7-9H2,1-6H3,(H,14,15). The number of hydrogen-bond donors (Lipinski definition) is 2. The van der Waals surface area contributed by atoms with E-state index in [-0.39, 0.29) is 0 Å². The number of nitrogens with zero attached hydrogens (tertiary/aromatic N) is 5. The van der Waals surface area contributed by atoms with Crippen LogP contribution in [0.5, 0.6) is 0 Å². The van der Waals surface area contributed by atoms with Gasteiger partial charge in [0.1, 0.15) is 12.2 Å². The van der Waals surface area contributed by atoms with Crippen LogP contribution in [0.1, 0.15) is 26.6 Å². The SMILES string of the molecule is CCNC(=NCC(C)(C)NS(C)(=O)=O)N(C)Cc1ncnn1C. The van der Waals surface area contributed by atoms with Crippen LogP contribution < -0.4 is 10.0 Å². The fourth-order valence-corrected chi connectivity index (χ4v) is 3.09. The molecule has 0 spiro atoms. The van der Waals surface area contributed by atoms with E-state index in [0.29, 0.717) is 25.6 Å². The zero-order valence-electron chi connectivity index (χ0n) is 14.7. The topological polar surface area (TPSA) is 105 Å². The number of guanidine groups is 1. The lowest BCUT2D eigenvalue weighted by atomic mass is 10.1. The average molecular weight is 345 g/mol.